The van der Waals surface area contributed by atoms with E-state index in [1.807, 2.05) is 19.2 Å². The van der Waals surface area contributed by atoms with Crippen molar-refractivity contribution in [1.82, 2.24) is 4.98 Å². The van der Waals surface area contributed by atoms with Crippen LogP contribution in [0, 0.1) is 5.92 Å². The van der Waals surface area contributed by atoms with Gasteiger partial charge < -0.3 is 0 Å². The molecule has 0 aliphatic rings. The molecule has 0 aliphatic heterocycles. The van der Waals surface area contributed by atoms with E-state index in [0.29, 0.717) is 6.42 Å². The largest absolute Gasteiger partial charge is 0.299 e. The Morgan fingerprint density at radius 2 is 2.31 bits per heavy atom. The molecule has 0 saturated carbocycles. The Bertz CT molecular complexity index is 291. The molecule has 0 spiro atoms. The van der Waals surface area contributed by atoms with E-state index in [9.17, 15) is 4.79 Å². The summed E-state index contributed by atoms with van der Waals surface area (Å²) in [5, 5.41) is 2.98. The first-order valence-electron chi connectivity index (χ1n) is 4.59. The Morgan fingerprint density at radius 3 is 2.77 bits per heavy atom. The van der Waals surface area contributed by atoms with Crippen LogP contribution in [0.4, 0.5) is 0 Å². The van der Waals surface area contributed by atoms with E-state index in [-0.39, 0.29) is 11.7 Å². The zero-order valence-corrected chi connectivity index (χ0v) is 9.15. The minimum atomic E-state index is 0.119. The van der Waals surface area contributed by atoms with Crippen molar-refractivity contribution in [1.29, 1.82) is 0 Å². The lowest BCUT2D eigenvalue weighted by Crippen LogP contribution is -2.09. The third kappa shape index (κ3) is 2.92. The third-order valence-corrected chi connectivity index (χ3v) is 2.83. The third-order valence-electron chi connectivity index (χ3n) is 1.93. The molecule has 0 unspecified atom stereocenters. The predicted molar refractivity (Wildman–Crippen MR) is 55.0 cm³/mol. The summed E-state index contributed by atoms with van der Waals surface area (Å²) in [6.45, 7) is 5.93. The van der Waals surface area contributed by atoms with E-state index < -0.39 is 0 Å². The van der Waals surface area contributed by atoms with Gasteiger partial charge in [0.15, 0.2) is 0 Å². The van der Waals surface area contributed by atoms with Crippen molar-refractivity contribution in [2.75, 3.05) is 0 Å². The SMILES string of the molecule is CCc1csc(CC(=O)C(C)C)n1. The monoisotopic (exact) mass is 197 g/mol. The second-order valence-corrected chi connectivity index (χ2v) is 4.33. The van der Waals surface area contributed by atoms with Crippen LogP contribution in [0.3, 0.4) is 0 Å². The molecule has 1 aromatic rings. The van der Waals surface area contributed by atoms with Crippen molar-refractivity contribution in [3.63, 3.8) is 0 Å². The first-order valence-corrected chi connectivity index (χ1v) is 5.47. The fourth-order valence-electron chi connectivity index (χ4n) is 0.946. The maximum atomic E-state index is 11.4. The molecule has 72 valence electrons. The standard InChI is InChI=1S/C10H15NOS/c1-4-8-6-13-10(11-8)5-9(12)7(2)3/h6-7H,4-5H2,1-3H3. The van der Waals surface area contributed by atoms with Crippen molar-refractivity contribution in [3.8, 4) is 0 Å². The number of rotatable bonds is 4. The van der Waals surface area contributed by atoms with Crippen LogP contribution in [0.1, 0.15) is 31.5 Å². The second-order valence-electron chi connectivity index (χ2n) is 3.38. The zero-order chi connectivity index (χ0) is 9.84. The van der Waals surface area contributed by atoms with E-state index >= 15 is 0 Å². The van der Waals surface area contributed by atoms with Gasteiger partial charge in [-0.1, -0.05) is 20.8 Å². The van der Waals surface area contributed by atoms with Crippen molar-refractivity contribution >= 4 is 17.1 Å². The molecule has 2 nitrogen and oxygen atoms in total. The van der Waals surface area contributed by atoms with Crippen LogP contribution < -0.4 is 0 Å². The molecule has 1 heterocycles. The number of ketones is 1. The Labute approximate surface area is 83.0 Å². The Kier molecular flexibility index (Phi) is 3.60. The quantitative estimate of drug-likeness (QED) is 0.742. The molecule has 0 fully saturated rings. The second kappa shape index (κ2) is 4.51. The molecule has 0 amide bonds. The minimum absolute atomic E-state index is 0.119. The van der Waals surface area contributed by atoms with Crippen LogP contribution in [0.25, 0.3) is 0 Å². The molecule has 0 saturated heterocycles. The van der Waals surface area contributed by atoms with Gasteiger partial charge in [0.2, 0.25) is 0 Å². The molecule has 1 rings (SSSR count). The number of hydrogen-bond donors (Lipinski definition) is 0. The van der Waals surface area contributed by atoms with Crippen LogP contribution >= 0.6 is 11.3 Å². The van der Waals surface area contributed by atoms with E-state index in [1.165, 1.54) is 0 Å². The summed E-state index contributed by atoms with van der Waals surface area (Å²) in [6, 6.07) is 0. The number of aryl methyl sites for hydroxylation is 1. The topological polar surface area (TPSA) is 30.0 Å². The number of carbonyl (C=O) groups excluding carboxylic acids is 1. The summed E-state index contributed by atoms with van der Waals surface area (Å²) in [7, 11) is 0. The van der Waals surface area contributed by atoms with Gasteiger partial charge in [-0.15, -0.1) is 11.3 Å². The van der Waals surface area contributed by atoms with Gasteiger partial charge in [-0.25, -0.2) is 4.98 Å². The number of hydrogen-bond acceptors (Lipinski definition) is 3. The van der Waals surface area contributed by atoms with Crippen molar-refractivity contribution in [2.45, 2.75) is 33.6 Å². The number of nitrogens with zero attached hydrogens (tertiary/aromatic N) is 1. The Morgan fingerprint density at radius 1 is 1.62 bits per heavy atom. The lowest BCUT2D eigenvalue weighted by Gasteiger charge is -1.99. The van der Waals surface area contributed by atoms with Crippen molar-refractivity contribution in [2.24, 2.45) is 5.92 Å². The van der Waals surface area contributed by atoms with Crippen LogP contribution in [0.15, 0.2) is 5.38 Å². The highest BCUT2D eigenvalue weighted by Crippen LogP contribution is 2.12. The molecule has 0 radical (unpaired) electrons. The normalized spacial score (nSPS) is 10.8. The molecule has 0 aromatic carbocycles. The van der Waals surface area contributed by atoms with Gasteiger partial charge in [0.05, 0.1) is 12.1 Å². The lowest BCUT2D eigenvalue weighted by atomic mass is 10.1. The Hall–Kier alpha value is -0.700. The highest BCUT2D eigenvalue weighted by molar-refractivity contribution is 7.09. The molecule has 13 heavy (non-hydrogen) atoms. The van der Waals surface area contributed by atoms with Gasteiger partial charge in [-0.05, 0) is 6.42 Å². The zero-order valence-electron chi connectivity index (χ0n) is 8.33. The first-order chi connectivity index (χ1) is 6.13. The molecule has 3 heteroatoms. The number of Topliss-reactive ketones (excluding diaryl/α,β-unsaturated/α-hetero) is 1. The predicted octanol–water partition coefficient (Wildman–Crippen LogP) is 2.47. The number of carbonyl (C=O) groups is 1. The fourth-order valence-corrected chi connectivity index (χ4v) is 1.83. The van der Waals surface area contributed by atoms with E-state index in [2.05, 4.69) is 11.9 Å². The maximum absolute atomic E-state index is 11.4. The molecule has 0 bridgehead atoms. The first kappa shape index (κ1) is 10.4. The van der Waals surface area contributed by atoms with Gasteiger partial charge in [0.1, 0.15) is 10.8 Å². The Balaban J connectivity index is 2.59. The smallest absolute Gasteiger partial charge is 0.142 e. The van der Waals surface area contributed by atoms with Gasteiger partial charge >= 0.3 is 0 Å². The van der Waals surface area contributed by atoms with E-state index in [4.69, 9.17) is 0 Å². The molecular formula is C10H15NOS. The fraction of sp³-hybridized carbons (Fsp3) is 0.600. The summed E-state index contributed by atoms with van der Waals surface area (Å²) in [5.74, 6) is 0.394. The number of thiazole rings is 1. The van der Waals surface area contributed by atoms with Crippen LogP contribution in [0.5, 0.6) is 0 Å². The van der Waals surface area contributed by atoms with Gasteiger partial charge in [0, 0.05) is 11.3 Å². The minimum Gasteiger partial charge on any atom is -0.299 e. The maximum Gasteiger partial charge on any atom is 0.142 e. The summed E-state index contributed by atoms with van der Waals surface area (Å²) in [6.07, 6.45) is 1.45. The molecule has 0 aliphatic carbocycles. The lowest BCUT2D eigenvalue weighted by molar-refractivity contribution is -0.121. The molecule has 1 aromatic heterocycles. The van der Waals surface area contributed by atoms with Crippen LogP contribution in [0.2, 0.25) is 0 Å². The van der Waals surface area contributed by atoms with Crippen molar-refractivity contribution < 1.29 is 4.79 Å². The van der Waals surface area contributed by atoms with Crippen LogP contribution in [-0.2, 0) is 17.6 Å². The summed E-state index contributed by atoms with van der Waals surface area (Å²) in [4.78, 5) is 15.7. The molecule has 0 N–H and O–H groups in total. The van der Waals surface area contributed by atoms with E-state index in [0.717, 1.165) is 17.1 Å². The van der Waals surface area contributed by atoms with Gasteiger partial charge in [-0.3, -0.25) is 4.79 Å². The average Bonchev–Trinajstić information content (AvgIpc) is 2.52. The average molecular weight is 197 g/mol. The van der Waals surface area contributed by atoms with Gasteiger partial charge in [0.25, 0.3) is 0 Å². The highest BCUT2D eigenvalue weighted by Gasteiger charge is 2.10. The van der Waals surface area contributed by atoms with Gasteiger partial charge in [-0.2, -0.15) is 0 Å². The summed E-state index contributed by atoms with van der Waals surface area (Å²) in [5.41, 5.74) is 1.09. The van der Waals surface area contributed by atoms with E-state index in [1.54, 1.807) is 11.3 Å². The summed E-state index contributed by atoms with van der Waals surface area (Å²) >= 11 is 1.59. The van der Waals surface area contributed by atoms with Crippen LogP contribution in [-0.4, -0.2) is 10.8 Å². The molecular weight excluding hydrogens is 182 g/mol. The highest BCUT2D eigenvalue weighted by atomic mass is 32.1. The summed E-state index contributed by atoms with van der Waals surface area (Å²) < 4.78 is 0. The number of aromatic nitrogens is 1. The van der Waals surface area contributed by atoms with Crippen molar-refractivity contribution in [3.05, 3.63) is 16.1 Å². The molecule has 0 atom stereocenters.